The lowest BCUT2D eigenvalue weighted by Gasteiger charge is -2.28. The number of allylic oxidation sites excluding steroid dienone is 8. The zero-order valence-corrected chi connectivity index (χ0v) is 36.0. The van der Waals surface area contributed by atoms with Gasteiger partial charge in [-0.25, -0.2) is 0 Å². The summed E-state index contributed by atoms with van der Waals surface area (Å²) in [7, 11) is 1.16. The molecule has 0 aliphatic carbocycles. The van der Waals surface area contributed by atoms with Gasteiger partial charge in [-0.1, -0.05) is 152 Å². The topological polar surface area (TPSA) is 111 Å². The molecule has 0 radical (unpaired) electrons. The molecule has 0 aliphatic rings. The van der Waals surface area contributed by atoms with E-state index >= 15 is 0 Å². The smallest absolute Gasteiger partial charge is 0.306 e. The molecular weight excluding hydrogens is 701 g/mol. The number of hydrogen-bond donors (Lipinski definition) is 0. The first-order valence-electron chi connectivity index (χ1n) is 21.3. The highest BCUT2D eigenvalue weighted by molar-refractivity contribution is 7.45. The Labute approximate surface area is 331 Å². The third-order valence-corrected chi connectivity index (χ3v) is 9.83. The predicted octanol–water partition coefficient (Wildman–Crippen LogP) is 11.3. The van der Waals surface area contributed by atoms with Crippen LogP contribution >= 0.6 is 7.82 Å². The summed E-state index contributed by atoms with van der Waals surface area (Å²) in [6.45, 7) is 4.05. The van der Waals surface area contributed by atoms with Gasteiger partial charge in [0.05, 0.1) is 27.7 Å². The minimum Gasteiger partial charge on any atom is -0.756 e. The lowest BCUT2D eigenvalue weighted by Crippen LogP contribution is -2.37. The number of phosphoric acid groups is 1. The van der Waals surface area contributed by atoms with Gasteiger partial charge in [0.1, 0.15) is 19.8 Å². The number of nitrogens with zero attached hydrogens (tertiary/aromatic N) is 1. The van der Waals surface area contributed by atoms with Crippen LogP contribution < -0.4 is 4.89 Å². The van der Waals surface area contributed by atoms with E-state index in [1.807, 2.05) is 21.1 Å². The van der Waals surface area contributed by atoms with Crippen LogP contribution in [-0.2, 0) is 32.7 Å². The number of carbonyl (C=O) groups is 2. The Morgan fingerprint density at radius 1 is 0.593 bits per heavy atom. The summed E-state index contributed by atoms with van der Waals surface area (Å²) in [5.41, 5.74) is 0. The van der Waals surface area contributed by atoms with Gasteiger partial charge in [0.25, 0.3) is 7.82 Å². The highest BCUT2D eigenvalue weighted by Crippen LogP contribution is 2.38. The van der Waals surface area contributed by atoms with Gasteiger partial charge in [-0.15, -0.1) is 0 Å². The van der Waals surface area contributed by atoms with Crippen LogP contribution in [0.5, 0.6) is 0 Å². The van der Waals surface area contributed by atoms with Crippen LogP contribution in [-0.4, -0.2) is 70.0 Å². The van der Waals surface area contributed by atoms with Gasteiger partial charge in [0.2, 0.25) is 0 Å². The molecule has 0 aromatic heterocycles. The van der Waals surface area contributed by atoms with E-state index in [-0.39, 0.29) is 26.1 Å². The number of ether oxygens (including phenoxy) is 2. The molecule has 0 saturated carbocycles. The molecule has 0 bridgehead atoms. The molecule has 2 unspecified atom stereocenters. The fraction of sp³-hybridized carbons (Fsp3) is 0.773. The molecule has 314 valence electrons. The lowest BCUT2D eigenvalue weighted by atomic mass is 10.0. The minimum atomic E-state index is -4.62. The standard InChI is InChI=1S/C44H80NO8P/c1-6-8-10-12-14-15-16-17-18-19-20-21-22-23-24-25-26-27-28-29-31-33-35-37-44(47)53-42(41-52-54(48,49)51-39-38-45(3,4)5)40-50-43(46)36-34-32-30-13-11-9-7-2/h8,10,14-15,17-18,20-21,42H,6-7,9,11-13,16,19,22-41H2,1-5H3/b10-8-,15-14-,18-17-,21-20-. The molecule has 0 aromatic carbocycles. The van der Waals surface area contributed by atoms with Gasteiger partial charge < -0.3 is 27.9 Å². The number of quaternary nitrogens is 1. The van der Waals surface area contributed by atoms with Crippen LogP contribution in [0.25, 0.3) is 0 Å². The average Bonchev–Trinajstić information content (AvgIpc) is 3.12. The Hall–Kier alpha value is -2.03. The summed E-state index contributed by atoms with van der Waals surface area (Å²) in [6, 6.07) is 0. The first-order chi connectivity index (χ1) is 26.0. The largest absolute Gasteiger partial charge is 0.756 e. The molecule has 0 aromatic rings. The van der Waals surface area contributed by atoms with Gasteiger partial charge in [-0.05, 0) is 51.4 Å². The Bertz CT molecular complexity index is 1070. The number of phosphoric ester groups is 1. The summed E-state index contributed by atoms with van der Waals surface area (Å²) < 4.78 is 33.7. The van der Waals surface area contributed by atoms with Gasteiger partial charge in [-0.2, -0.15) is 0 Å². The monoisotopic (exact) mass is 782 g/mol. The molecule has 0 rings (SSSR count). The molecule has 0 heterocycles. The molecule has 10 heteroatoms. The fourth-order valence-corrected chi connectivity index (χ4v) is 6.26. The van der Waals surface area contributed by atoms with Gasteiger partial charge in [0.15, 0.2) is 6.10 Å². The molecular formula is C44H80NO8P. The maximum absolute atomic E-state index is 12.6. The van der Waals surface area contributed by atoms with E-state index in [0.717, 1.165) is 70.6 Å². The Kier molecular flexibility index (Phi) is 35.2. The van der Waals surface area contributed by atoms with Crippen molar-refractivity contribution in [2.45, 2.75) is 174 Å². The van der Waals surface area contributed by atoms with E-state index in [4.69, 9.17) is 18.5 Å². The average molecular weight is 782 g/mol. The lowest BCUT2D eigenvalue weighted by molar-refractivity contribution is -0.870. The summed E-state index contributed by atoms with van der Waals surface area (Å²) >= 11 is 0. The van der Waals surface area contributed by atoms with Crippen LogP contribution in [0, 0.1) is 0 Å². The van der Waals surface area contributed by atoms with Crippen molar-refractivity contribution in [2.75, 3.05) is 47.5 Å². The number of likely N-dealkylation sites (N-methyl/N-ethyl adjacent to an activating group) is 1. The maximum atomic E-state index is 12.6. The normalized spacial score (nSPS) is 14.1. The van der Waals surface area contributed by atoms with Crippen molar-refractivity contribution in [1.82, 2.24) is 0 Å². The second kappa shape index (κ2) is 36.6. The molecule has 54 heavy (non-hydrogen) atoms. The van der Waals surface area contributed by atoms with Crippen molar-refractivity contribution >= 4 is 19.8 Å². The number of unbranched alkanes of at least 4 members (excludes halogenated alkanes) is 16. The fourth-order valence-electron chi connectivity index (χ4n) is 5.53. The molecule has 0 spiro atoms. The maximum Gasteiger partial charge on any atom is 0.306 e. The Morgan fingerprint density at radius 2 is 1.06 bits per heavy atom. The molecule has 0 amide bonds. The molecule has 2 atom stereocenters. The Balaban J connectivity index is 4.21. The van der Waals surface area contributed by atoms with Crippen LogP contribution in [0.15, 0.2) is 48.6 Å². The van der Waals surface area contributed by atoms with Crippen molar-refractivity contribution < 1.29 is 42.1 Å². The first-order valence-corrected chi connectivity index (χ1v) is 22.8. The van der Waals surface area contributed by atoms with Crippen molar-refractivity contribution in [3.63, 3.8) is 0 Å². The summed E-state index contributed by atoms with van der Waals surface area (Å²) in [6.07, 6.45) is 41.6. The van der Waals surface area contributed by atoms with E-state index in [9.17, 15) is 19.0 Å². The van der Waals surface area contributed by atoms with Gasteiger partial charge in [-0.3, -0.25) is 14.2 Å². The summed E-state index contributed by atoms with van der Waals surface area (Å²) in [5.74, 6) is -0.848. The van der Waals surface area contributed by atoms with Crippen molar-refractivity contribution in [2.24, 2.45) is 0 Å². The highest BCUT2D eigenvalue weighted by atomic mass is 31.2. The number of carbonyl (C=O) groups excluding carboxylic acids is 2. The zero-order chi connectivity index (χ0) is 40.0. The third-order valence-electron chi connectivity index (χ3n) is 8.86. The van der Waals surface area contributed by atoms with E-state index in [1.165, 1.54) is 64.2 Å². The van der Waals surface area contributed by atoms with Crippen molar-refractivity contribution in [3.05, 3.63) is 48.6 Å². The quantitative estimate of drug-likeness (QED) is 0.0200. The third kappa shape index (κ3) is 39.7. The highest BCUT2D eigenvalue weighted by Gasteiger charge is 2.21. The van der Waals surface area contributed by atoms with Crippen LogP contribution in [0.2, 0.25) is 0 Å². The van der Waals surface area contributed by atoms with E-state index in [2.05, 4.69) is 62.5 Å². The van der Waals surface area contributed by atoms with Gasteiger partial charge >= 0.3 is 11.9 Å². The van der Waals surface area contributed by atoms with Crippen molar-refractivity contribution in [3.8, 4) is 0 Å². The number of esters is 2. The van der Waals surface area contributed by atoms with Gasteiger partial charge in [0, 0.05) is 12.8 Å². The molecule has 0 saturated heterocycles. The van der Waals surface area contributed by atoms with E-state index < -0.39 is 32.5 Å². The molecule has 0 N–H and O–H groups in total. The second-order valence-corrected chi connectivity index (χ2v) is 16.7. The van der Waals surface area contributed by atoms with Crippen LogP contribution in [0.4, 0.5) is 0 Å². The number of rotatable bonds is 38. The molecule has 0 aliphatic heterocycles. The van der Waals surface area contributed by atoms with Crippen LogP contribution in [0.3, 0.4) is 0 Å². The second-order valence-electron chi connectivity index (χ2n) is 15.3. The first kappa shape index (κ1) is 52.0. The Morgan fingerprint density at radius 3 is 1.57 bits per heavy atom. The van der Waals surface area contributed by atoms with Crippen molar-refractivity contribution in [1.29, 1.82) is 0 Å². The molecule has 0 fully saturated rings. The zero-order valence-electron chi connectivity index (χ0n) is 35.2. The van der Waals surface area contributed by atoms with E-state index in [1.54, 1.807) is 0 Å². The SMILES string of the molecule is CC/C=C\C/C=C\C/C=C\C/C=C\CCCCCCCCCCCCC(=O)OC(COC(=O)CCCCCCCCC)COP(=O)([O-])OCC[N+](C)(C)C. The van der Waals surface area contributed by atoms with E-state index in [0.29, 0.717) is 17.4 Å². The molecule has 9 nitrogen and oxygen atoms in total. The van der Waals surface area contributed by atoms with Crippen LogP contribution in [0.1, 0.15) is 168 Å². The predicted molar refractivity (Wildman–Crippen MR) is 222 cm³/mol. The number of hydrogen-bond acceptors (Lipinski definition) is 8. The minimum absolute atomic E-state index is 0.0323. The summed E-state index contributed by atoms with van der Waals surface area (Å²) in [4.78, 5) is 37.3. The summed E-state index contributed by atoms with van der Waals surface area (Å²) in [5, 5.41) is 0.